The lowest BCUT2D eigenvalue weighted by molar-refractivity contribution is 0.285. The Balaban J connectivity index is 1.90. The number of anilines is 2. The summed E-state index contributed by atoms with van der Waals surface area (Å²) in [4.78, 5) is 8.71. The third-order valence-electron chi connectivity index (χ3n) is 3.42. The second-order valence-electron chi connectivity index (χ2n) is 4.84. The number of nitrogens with one attached hydrogen (secondary N) is 2. The lowest BCUT2D eigenvalue weighted by atomic mass is 9.80. The zero-order valence-corrected chi connectivity index (χ0v) is 10.7. The molecule has 1 unspecified atom stereocenters. The molecule has 1 heterocycles. The first kappa shape index (κ1) is 12.1. The fraction of sp³-hybridized carbons (Fsp3) is 0.692. The Hall–Kier alpha value is -1.32. The van der Waals surface area contributed by atoms with Crippen molar-refractivity contribution in [2.75, 3.05) is 17.2 Å². The second kappa shape index (κ2) is 5.84. The molecule has 1 aliphatic carbocycles. The van der Waals surface area contributed by atoms with Gasteiger partial charge in [-0.3, -0.25) is 4.98 Å². The van der Waals surface area contributed by atoms with Crippen molar-refractivity contribution < 1.29 is 0 Å². The molecule has 0 aliphatic heterocycles. The summed E-state index contributed by atoms with van der Waals surface area (Å²) in [5, 5.41) is 6.70. The summed E-state index contributed by atoms with van der Waals surface area (Å²) in [5.41, 5.74) is 0. The fourth-order valence-electron chi connectivity index (χ4n) is 2.06. The van der Waals surface area contributed by atoms with Crippen molar-refractivity contribution in [3.8, 4) is 0 Å². The minimum absolute atomic E-state index is 0.500. The van der Waals surface area contributed by atoms with Crippen LogP contribution in [0.5, 0.6) is 0 Å². The molecule has 4 nitrogen and oxygen atoms in total. The number of aromatic nitrogens is 2. The molecule has 4 heteroatoms. The van der Waals surface area contributed by atoms with Crippen molar-refractivity contribution in [3.63, 3.8) is 0 Å². The summed E-state index contributed by atoms with van der Waals surface area (Å²) < 4.78 is 0. The van der Waals surface area contributed by atoms with Crippen molar-refractivity contribution in [1.29, 1.82) is 0 Å². The van der Waals surface area contributed by atoms with Gasteiger partial charge in [0.15, 0.2) is 0 Å². The van der Waals surface area contributed by atoms with Crippen LogP contribution in [0.4, 0.5) is 11.6 Å². The van der Waals surface area contributed by atoms with Crippen LogP contribution in [0.1, 0.15) is 39.5 Å². The van der Waals surface area contributed by atoms with E-state index in [0.29, 0.717) is 6.04 Å². The highest BCUT2D eigenvalue weighted by molar-refractivity contribution is 5.42. The van der Waals surface area contributed by atoms with Gasteiger partial charge in [0.25, 0.3) is 0 Å². The summed E-state index contributed by atoms with van der Waals surface area (Å²) in [6, 6.07) is 0.500. The van der Waals surface area contributed by atoms with Gasteiger partial charge in [-0.15, -0.1) is 0 Å². The molecule has 1 aromatic heterocycles. The first-order valence-electron chi connectivity index (χ1n) is 6.62. The predicted molar refractivity (Wildman–Crippen MR) is 71.2 cm³/mol. The molecule has 0 amide bonds. The molecule has 17 heavy (non-hydrogen) atoms. The maximum absolute atomic E-state index is 4.51. The normalized spacial score (nSPS) is 17.3. The van der Waals surface area contributed by atoms with Crippen molar-refractivity contribution in [2.24, 2.45) is 5.92 Å². The molecule has 94 valence electrons. The van der Waals surface area contributed by atoms with Crippen LogP contribution < -0.4 is 10.6 Å². The summed E-state index contributed by atoms with van der Waals surface area (Å²) >= 11 is 0. The Morgan fingerprint density at radius 3 is 2.76 bits per heavy atom. The quantitative estimate of drug-likeness (QED) is 0.794. The maximum atomic E-state index is 4.51. The van der Waals surface area contributed by atoms with Crippen molar-refractivity contribution >= 4 is 11.6 Å². The molecule has 1 aromatic rings. The van der Waals surface area contributed by atoms with Crippen LogP contribution in [0.3, 0.4) is 0 Å². The monoisotopic (exact) mass is 234 g/mol. The molecule has 1 atom stereocenters. The average molecular weight is 234 g/mol. The number of hydrogen-bond donors (Lipinski definition) is 2. The predicted octanol–water partition coefficient (Wildman–Crippen LogP) is 2.90. The van der Waals surface area contributed by atoms with Gasteiger partial charge in [-0.05, 0) is 32.1 Å². The van der Waals surface area contributed by atoms with Crippen LogP contribution in [0.15, 0.2) is 12.4 Å². The molecule has 0 saturated heterocycles. The lowest BCUT2D eigenvalue weighted by Crippen LogP contribution is -2.31. The largest absolute Gasteiger partial charge is 0.369 e. The minimum Gasteiger partial charge on any atom is -0.369 e. The van der Waals surface area contributed by atoms with Gasteiger partial charge in [0, 0.05) is 12.6 Å². The minimum atomic E-state index is 0.500. The molecule has 2 rings (SSSR count). The number of nitrogens with zero attached hydrogens (tertiary/aromatic N) is 2. The highest BCUT2D eigenvalue weighted by atomic mass is 15.1. The highest BCUT2D eigenvalue weighted by Crippen LogP contribution is 2.30. The van der Waals surface area contributed by atoms with Gasteiger partial charge in [-0.25, -0.2) is 4.98 Å². The van der Waals surface area contributed by atoms with Gasteiger partial charge in [0.2, 0.25) is 0 Å². The van der Waals surface area contributed by atoms with Gasteiger partial charge in [0.1, 0.15) is 11.6 Å². The Morgan fingerprint density at radius 2 is 2.12 bits per heavy atom. The number of hydrogen-bond acceptors (Lipinski definition) is 4. The van der Waals surface area contributed by atoms with Crippen molar-refractivity contribution in [3.05, 3.63) is 12.4 Å². The molecule has 1 aliphatic rings. The topological polar surface area (TPSA) is 49.8 Å². The van der Waals surface area contributed by atoms with Crippen LogP contribution in [0, 0.1) is 5.92 Å². The molecule has 0 spiro atoms. The van der Waals surface area contributed by atoms with Crippen LogP contribution in [-0.4, -0.2) is 22.6 Å². The summed E-state index contributed by atoms with van der Waals surface area (Å²) in [7, 11) is 0. The Labute approximate surface area is 103 Å². The standard InChI is InChI=1S/C13H22N4/c1-3-7-15-12-8-14-9-13(17-12)16-10(2)11-5-4-6-11/h8-11H,3-7H2,1-2H3,(H2,15,16,17). The maximum Gasteiger partial charge on any atom is 0.147 e. The Bertz CT molecular complexity index is 349. The molecule has 0 radical (unpaired) electrons. The molecule has 0 bridgehead atoms. The fourth-order valence-corrected chi connectivity index (χ4v) is 2.06. The van der Waals surface area contributed by atoms with Gasteiger partial charge in [0.05, 0.1) is 12.4 Å². The van der Waals surface area contributed by atoms with E-state index in [0.717, 1.165) is 30.5 Å². The van der Waals surface area contributed by atoms with E-state index in [4.69, 9.17) is 0 Å². The summed E-state index contributed by atoms with van der Waals surface area (Å²) in [6.07, 6.45) is 8.73. The van der Waals surface area contributed by atoms with Crippen LogP contribution in [0.25, 0.3) is 0 Å². The number of rotatable bonds is 6. The highest BCUT2D eigenvalue weighted by Gasteiger charge is 2.23. The molecule has 1 fully saturated rings. The third kappa shape index (κ3) is 3.32. The van der Waals surface area contributed by atoms with E-state index in [-0.39, 0.29) is 0 Å². The lowest BCUT2D eigenvalue weighted by Gasteiger charge is -2.32. The first-order chi connectivity index (χ1) is 8.29. The first-order valence-corrected chi connectivity index (χ1v) is 6.62. The molecule has 1 saturated carbocycles. The third-order valence-corrected chi connectivity index (χ3v) is 3.42. The van der Waals surface area contributed by atoms with E-state index in [9.17, 15) is 0 Å². The second-order valence-corrected chi connectivity index (χ2v) is 4.84. The van der Waals surface area contributed by atoms with E-state index < -0.39 is 0 Å². The Morgan fingerprint density at radius 1 is 1.35 bits per heavy atom. The SMILES string of the molecule is CCCNc1cncc(NC(C)C2CCC2)n1. The van der Waals surface area contributed by atoms with Gasteiger partial charge in [-0.2, -0.15) is 0 Å². The molecular weight excluding hydrogens is 212 g/mol. The van der Waals surface area contributed by atoms with Gasteiger partial charge in [-0.1, -0.05) is 13.3 Å². The average Bonchev–Trinajstić information content (AvgIpc) is 2.24. The van der Waals surface area contributed by atoms with Crippen LogP contribution in [0.2, 0.25) is 0 Å². The van der Waals surface area contributed by atoms with Crippen molar-refractivity contribution in [1.82, 2.24) is 9.97 Å². The molecular formula is C13H22N4. The van der Waals surface area contributed by atoms with E-state index in [1.54, 1.807) is 12.4 Å². The van der Waals surface area contributed by atoms with Gasteiger partial charge >= 0.3 is 0 Å². The van der Waals surface area contributed by atoms with Crippen LogP contribution in [-0.2, 0) is 0 Å². The van der Waals surface area contributed by atoms with E-state index in [2.05, 4.69) is 34.4 Å². The van der Waals surface area contributed by atoms with E-state index >= 15 is 0 Å². The van der Waals surface area contributed by atoms with E-state index in [1.807, 2.05) is 0 Å². The summed E-state index contributed by atoms with van der Waals surface area (Å²) in [5.74, 6) is 2.55. The van der Waals surface area contributed by atoms with E-state index in [1.165, 1.54) is 19.3 Å². The van der Waals surface area contributed by atoms with Gasteiger partial charge < -0.3 is 10.6 Å². The summed E-state index contributed by atoms with van der Waals surface area (Å²) in [6.45, 7) is 5.31. The zero-order valence-electron chi connectivity index (χ0n) is 10.7. The smallest absolute Gasteiger partial charge is 0.147 e. The Kier molecular flexibility index (Phi) is 4.18. The molecule has 2 N–H and O–H groups in total. The van der Waals surface area contributed by atoms with Crippen LogP contribution >= 0.6 is 0 Å². The zero-order chi connectivity index (χ0) is 12.1. The van der Waals surface area contributed by atoms with Crippen molar-refractivity contribution in [2.45, 2.75) is 45.6 Å². The molecule has 0 aromatic carbocycles.